The van der Waals surface area contributed by atoms with Crippen LogP contribution in [0.5, 0.6) is 11.5 Å². The van der Waals surface area contributed by atoms with E-state index in [0.717, 1.165) is 33.9 Å². The summed E-state index contributed by atoms with van der Waals surface area (Å²) < 4.78 is 11.4. The first-order valence-corrected chi connectivity index (χ1v) is 15.3. The molecule has 0 aliphatic rings. The summed E-state index contributed by atoms with van der Waals surface area (Å²) in [6, 6.07) is 44.4. The molecule has 7 rings (SSSR count). The molecular formula is C40H35NO4. The smallest absolute Gasteiger partial charge is 0.119 e. The fraction of sp³-hybridized carbons (Fsp3) is 0.150. The Balaban J connectivity index is 1.31. The molecule has 0 aromatic heterocycles. The van der Waals surface area contributed by atoms with Crippen LogP contribution in [0.2, 0.25) is 0 Å². The largest absolute Gasteiger partial charge is 0.491 e. The number of anilines is 3. The van der Waals surface area contributed by atoms with Crippen molar-refractivity contribution in [3.8, 4) is 22.6 Å². The van der Waals surface area contributed by atoms with Crippen molar-refractivity contribution in [2.24, 2.45) is 0 Å². The Morgan fingerprint density at radius 2 is 0.956 bits per heavy atom. The van der Waals surface area contributed by atoms with Crippen LogP contribution < -0.4 is 14.4 Å². The van der Waals surface area contributed by atoms with E-state index in [1.54, 1.807) is 13.8 Å². The molecule has 224 valence electrons. The van der Waals surface area contributed by atoms with E-state index in [9.17, 15) is 10.2 Å². The summed E-state index contributed by atoms with van der Waals surface area (Å²) in [5, 5.41) is 26.6. The first-order chi connectivity index (χ1) is 21.9. The molecule has 0 bridgehead atoms. The molecule has 0 fully saturated rings. The highest BCUT2D eigenvalue weighted by atomic mass is 16.5. The minimum atomic E-state index is -0.537. The number of ether oxygens (including phenoxy) is 2. The Morgan fingerprint density at radius 1 is 0.511 bits per heavy atom. The van der Waals surface area contributed by atoms with E-state index in [4.69, 9.17) is 9.47 Å². The topological polar surface area (TPSA) is 62.2 Å². The van der Waals surface area contributed by atoms with Crippen molar-refractivity contribution in [3.05, 3.63) is 127 Å². The van der Waals surface area contributed by atoms with Gasteiger partial charge in [-0.25, -0.2) is 0 Å². The first-order valence-electron chi connectivity index (χ1n) is 15.3. The molecule has 0 saturated heterocycles. The van der Waals surface area contributed by atoms with Gasteiger partial charge in [-0.15, -0.1) is 0 Å². The molecular weight excluding hydrogens is 558 g/mol. The van der Waals surface area contributed by atoms with E-state index < -0.39 is 12.2 Å². The van der Waals surface area contributed by atoms with Gasteiger partial charge in [0.2, 0.25) is 0 Å². The molecule has 0 saturated carbocycles. The maximum absolute atomic E-state index is 9.69. The fourth-order valence-corrected chi connectivity index (χ4v) is 6.01. The van der Waals surface area contributed by atoms with Crippen molar-refractivity contribution in [2.45, 2.75) is 26.1 Å². The van der Waals surface area contributed by atoms with E-state index >= 15 is 0 Å². The third kappa shape index (κ3) is 5.76. The second-order valence-corrected chi connectivity index (χ2v) is 11.7. The van der Waals surface area contributed by atoms with E-state index in [0.29, 0.717) is 5.75 Å². The zero-order valence-corrected chi connectivity index (χ0v) is 25.4. The third-order valence-electron chi connectivity index (χ3n) is 8.14. The number of aliphatic hydroxyl groups excluding tert-OH is 2. The minimum absolute atomic E-state index is 0.243. The van der Waals surface area contributed by atoms with Crippen molar-refractivity contribution in [1.29, 1.82) is 0 Å². The van der Waals surface area contributed by atoms with Gasteiger partial charge in [-0.1, -0.05) is 72.8 Å². The quantitative estimate of drug-likeness (QED) is 0.155. The van der Waals surface area contributed by atoms with Crippen LogP contribution >= 0.6 is 0 Å². The summed E-state index contributed by atoms with van der Waals surface area (Å²) in [6.07, 6.45) is -1.05. The first kappa shape index (κ1) is 28.7. The van der Waals surface area contributed by atoms with Crippen LogP contribution in [0.4, 0.5) is 17.1 Å². The van der Waals surface area contributed by atoms with Crippen LogP contribution in [0.3, 0.4) is 0 Å². The van der Waals surface area contributed by atoms with Crippen LogP contribution in [-0.4, -0.2) is 35.6 Å². The van der Waals surface area contributed by atoms with Gasteiger partial charge in [-0.2, -0.15) is 0 Å². The summed E-state index contributed by atoms with van der Waals surface area (Å²) in [5.74, 6) is 1.45. The van der Waals surface area contributed by atoms with Gasteiger partial charge in [-0.05, 0) is 107 Å². The lowest BCUT2D eigenvalue weighted by molar-refractivity contribution is 0.122. The molecule has 2 atom stereocenters. The van der Waals surface area contributed by atoms with Gasteiger partial charge in [0.1, 0.15) is 24.7 Å². The molecule has 2 N–H and O–H groups in total. The zero-order chi connectivity index (χ0) is 30.9. The standard InChI is InChI=1S/C40H35NO4/c1-26(42)24-44-35-18-10-29(11-19-35)28-8-14-33(15-9-28)41(34-16-20-36(21-17-34)45-25-27(2)43)38-23-13-32-7-6-30-4-3-5-31-12-22-37(38)40(32)39(30)31/h3-23,26-27,42-43H,24-25H2,1-2H3. The number of aliphatic hydroxyl groups is 2. The second-order valence-electron chi connectivity index (χ2n) is 11.7. The highest BCUT2D eigenvalue weighted by molar-refractivity contribution is 6.25. The maximum Gasteiger partial charge on any atom is 0.119 e. The van der Waals surface area contributed by atoms with Gasteiger partial charge in [0.05, 0.1) is 17.9 Å². The molecule has 7 aromatic rings. The third-order valence-corrected chi connectivity index (χ3v) is 8.14. The normalized spacial score (nSPS) is 12.9. The summed E-state index contributed by atoms with van der Waals surface area (Å²) in [5.41, 5.74) is 5.30. The van der Waals surface area contributed by atoms with Crippen LogP contribution in [0.15, 0.2) is 127 Å². The highest BCUT2D eigenvalue weighted by Crippen LogP contribution is 2.44. The molecule has 5 nitrogen and oxygen atoms in total. The Morgan fingerprint density at radius 3 is 1.51 bits per heavy atom. The Bertz CT molecular complexity index is 2030. The van der Waals surface area contributed by atoms with Crippen molar-refractivity contribution in [3.63, 3.8) is 0 Å². The van der Waals surface area contributed by atoms with E-state index in [1.807, 2.05) is 36.4 Å². The molecule has 0 radical (unpaired) electrons. The Labute approximate surface area is 262 Å². The number of rotatable bonds is 10. The molecule has 0 aliphatic carbocycles. The number of benzene rings is 7. The fourth-order valence-electron chi connectivity index (χ4n) is 6.01. The van der Waals surface area contributed by atoms with Gasteiger partial charge in [0, 0.05) is 16.8 Å². The van der Waals surface area contributed by atoms with Crippen LogP contribution in [0.25, 0.3) is 43.4 Å². The number of hydrogen-bond donors (Lipinski definition) is 2. The lowest BCUT2D eigenvalue weighted by atomic mass is 9.93. The SMILES string of the molecule is CC(O)COc1ccc(-c2ccc(N(c3ccc(OCC(C)O)cc3)c3ccc4ccc5cccc6ccc3c4c56)cc2)cc1. The average molecular weight is 594 g/mol. The average Bonchev–Trinajstić information content (AvgIpc) is 3.07. The minimum Gasteiger partial charge on any atom is -0.491 e. The van der Waals surface area contributed by atoms with Crippen molar-refractivity contribution >= 4 is 49.4 Å². The lowest BCUT2D eigenvalue weighted by Gasteiger charge is -2.28. The van der Waals surface area contributed by atoms with E-state index in [2.05, 4.69) is 95.9 Å². The zero-order valence-electron chi connectivity index (χ0n) is 25.4. The molecule has 0 aliphatic heterocycles. The molecule has 0 spiro atoms. The van der Waals surface area contributed by atoms with Gasteiger partial charge in [0.25, 0.3) is 0 Å². The van der Waals surface area contributed by atoms with Crippen molar-refractivity contribution < 1.29 is 19.7 Å². The summed E-state index contributed by atoms with van der Waals surface area (Å²) >= 11 is 0. The molecule has 0 amide bonds. The molecule has 5 heteroatoms. The van der Waals surface area contributed by atoms with Gasteiger partial charge < -0.3 is 24.6 Å². The predicted molar refractivity (Wildman–Crippen MR) is 185 cm³/mol. The van der Waals surface area contributed by atoms with Crippen molar-refractivity contribution in [2.75, 3.05) is 18.1 Å². The number of hydrogen-bond acceptors (Lipinski definition) is 5. The Kier molecular flexibility index (Phi) is 7.72. The number of nitrogens with zero attached hydrogens (tertiary/aromatic N) is 1. The predicted octanol–water partition coefficient (Wildman–Crippen LogP) is 9.24. The van der Waals surface area contributed by atoms with E-state index in [1.165, 1.54) is 32.3 Å². The molecule has 45 heavy (non-hydrogen) atoms. The summed E-state index contributed by atoms with van der Waals surface area (Å²) in [6.45, 7) is 3.93. The lowest BCUT2D eigenvalue weighted by Crippen LogP contribution is -2.13. The Hall–Kier alpha value is -5.10. The molecule has 2 unspecified atom stereocenters. The van der Waals surface area contributed by atoms with Crippen molar-refractivity contribution in [1.82, 2.24) is 0 Å². The highest BCUT2D eigenvalue weighted by Gasteiger charge is 2.19. The monoisotopic (exact) mass is 593 g/mol. The maximum atomic E-state index is 9.69. The van der Waals surface area contributed by atoms with Gasteiger partial charge in [-0.3, -0.25) is 0 Å². The van der Waals surface area contributed by atoms with E-state index in [-0.39, 0.29) is 13.2 Å². The molecule has 7 aromatic carbocycles. The second kappa shape index (κ2) is 12.1. The van der Waals surface area contributed by atoms with Crippen LogP contribution in [0, 0.1) is 0 Å². The van der Waals surface area contributed by atoms with Crippen LogP contribution in [-0.2, 0) is 0 Å². The summed E-state index contributed by atoms with van der Waals surface area (Å²) in [7, 11) is 0. The summed E-state index contributed by atoms with van der Waals surface area (Å²) in [4.78, 5) is 2.29. The van der Waals surface area contributed by atoms with Gasteiger partial charge >= 0.3 is 0 Å². The van der Waals surface area contributed by atoms with Crippen LogP contribution in [0.1, 0.15) is 13.8 Å². The van der Waals surface area contributed by atoms with Gasteiger partial charge in [0.15, 0.2) is 0 Å². The molecule has 0 heterocycles.